The summed E-state index contributed by atoms with van der Waals surface area (Å²) in [6, 6.07) is 20.0. The average Bonchev–Trinajstić information content (AvgIpc) is 3.28. The highest BCUT2D eigenvalue weighted by Crippen LogP contribution is 2.27. The molecule has 160 valence electrons. The minimum absolute atomic E-state index is 0.00928. The maximum absolute atomic E-state index is 13.8. The standard InChI is InChI=1S/C23H17FN4O3S/c24-20-10-3-1-7-18(20)14-31-22-11-4-2-6-17(22)13-25-27-23-26-21(15-32-23)16-8-5-9-19(12-16)28(29)30/h1-13,15H,14H2,(H,26,27)/b25-13+. The van der Waals surface area contributed by atoms with Crippen molar-refractivity contribution >= 4 is 28.4 Å². The Morgan fingerprint density at radius 1 is 1.12 bits per heavy atom. The Morgan fingerprint density at radius 2 is 1.94 bits per heavy atom. The van der Waals surface area contributed by atoms with Crippen LogP contribution in [0, 0.1) is 15.9 Å². The average molecular weight is 448 g/mol. The lowest BCUT2D eigenvalue weighted by Crippen LogP contribution is -2.01. The summed E-state index contributed by atoms with van der Waals surface area (Å²) >= 11 is 1.33. The van der Waals surface area contributed by atoms with E-state index in [0.717, 1.165) is 0 Å². The van der Waals surface area contributed by atoms with Crippen LogP contribution in [0.15, 0.2) is 83.3 Å². The molecule has 0 aliphatic carbocycles. The number of benzene rings is 3. The van der Waals surface area contributed by atoms with Crippen LogP contribution in [-0.2, 0) is 6.61 Å². The number of aromatic nitrogens is 1. The molecule has 0 aliphatic rings. The van der Waals surface area contributed by atoms with Gasteiger partial charge in [-0.15, -0.1) is 11.3 Å². The summed E-state index contributed by atoms with van der Waals surface area (Å²) < 4.78 is 19.6. The monoisotopic (exact) mass is 448 g/mol. The molecule has 0 saturated carbocycles. The number of para-hydroxylation sites is 1. The summed E-state index contributed by atoms with van der Waals surface area (Å²) in [6.07, 6.45) is 1.59. The van der Waals surface area contributed by atoms with Crippen LogP contribution in [0.3, 0.4) is 0 Å². The molecule has 1 N–H and O–H groups in total. The van der Waals surface area contributed by atoms with Crippen LogP contribution in [-0.4, -0.2) is 16.1 Å². The van der Waals surface area contributed by atoms with Crippen molar-refractivity contribution in [3.05, 3.63) is 105 Å². The first kappa shape index (κ1) is 21.1. The molecule has 0 amide bonds. The fourth-order valence-corrected chi connectivity index (χ4v) is 3.55. The lowest BCUT2D eigenvalue weighted by atomic mass is 10.1. The van der Waals surface area contributed by atoms with Gasteiger partial charge < -0.3 is 4.74 Å². The number of nitro groups is 1. The second kappa shape index (κ2) is 9.80. The highest BCUT2D eigenvalue weighted by atomic mass is 32.1. The molecule has 7 nitrogen and oxygen atoms in total. The molecule has 1 heterocycles. The number of nitrogens with zero attached hydrogens (tertiary/aromatic N) is 3. The molecule has 0 saturated heterocycles. The highest BCUT2D eigenvalue weighted by molar-refractivity contribution is 7.14. The van der Waals surface area contributed by atoms with Gasteiger partial charge in [0.25, 0.3) is 5.69 Å². The van der Waals surface area contributed by atoms with Gasteiger partial charge in [0.2, 0.25) is 5.13 Å². The Kier molecular flexibility index (Phi) is 6.47. The van der Waals surface area contributed by atoms with Gasteiger partial charge in [0.1, 0.15) is 18.2 Å². The van der Waals surface area contributed by atoms with Gasteiger partial charge >= 0.3 is 0 Å². The molecule has 0 bridgehead atoms. The number of halogens is 1. The summed E-state index contributed by atoms with van der Waals surface area (Å²) in [5.74, 6) is 0.251. The molecule has 4 rings (SSSR count). The third-order valence-electron chi connectivity index (χ3n) is 4.48. The molecule has 32 heavy (non-hydrogen) atoms. The van der Waals surface area contributed by atoms with Crippen molar-refractivity contribution in [3.8, 4) is 17.0 Å². The van der Waals surface area contributed by atoms with Crippen LogP contribution >= 0.6 is 11.3 Å². The van der Waals surface area contributed by atoms with Crippen LogP contribution in [0.2, 0.25) is 0 Å². The smallest absolute Gasteiger partial charge is 0.270 e. The predicted molar refractivity (Wildman–Crippen MR) is 123 cm³/mol. The molecule has 0 unspecified atom stereocenters. The fourth-order valence-electron chi connectivity index (χ4n) is 2.88. The number of thiazole rings is 1. The van der Waals surface area contributed by atoms with Crippen molar-refractivity contribution in [2.45, 2.75) is 6.61 Å². The first-order chi connectivity index (χ1) is 15.6. The van der Waals surface area contributed by atoms with Crippen LogP contribution in [0.5, 0.6) is 5.75 Å². The summed E-state index contributed by atoms with van der Waals surface area (Å²) in [6.45, 7) is 0.101. The molecular weight excluding hydrogens is 431 g/mol. The van der Waals surface area contributed by atoms with Crippen molar-refractivity contribution in [1.82, 2.24) is 4.98 Å². The maximum Gasteiger partial charge on any atom is 0.270 e. The van der Waals surface area contributed by atoms with E-state index in [1.807, 2.05) is 18.2 Å². The van der Waals surface area contributed by atoms with Crippen LogP contribution in [0.4, 0.5) is 15.2 Å². The zero-order chi connectivity index (χ0) is 22.3. The summed E-state index contributed by atoms with van der Waals surface area (Å²) in [4.78, 5) is 14.9. The van der Waals surface area contributed by atoms with Crippen molar-refractivity contribution in [2.75, 3.05) is 5.43 Å². The van der Waals surface area contributed by atoms with E-state index in [-0.39, 0.29) is 18.1 Å². The number of hydrogen-bond acceptors (Lipinski definition) is 7. The van der Waals surface area contributed by atoms with E-state index < -0.39 is 4.92 Å². The van der Waals surface area contributed by atoms with Gasteiger partial charge in [0.15, 0.2) is 0 Å². The van der Waals surface area contributed by atoms with E-state index in [4.69, 9.17) is 4.74 Å². The number of rotatable bonds is 8. The first-order valence-electron chi connectivity index (χ1n) is 9.55. The van der Waals surface area contributed by atoms with Crippen LogP contribution < -0.4 is 10.2 Å². The molecular formula is C23H17FN4O3S. The lowest BCUT2D eigenvalue weighted by Gasteiger charge is -2.09. The molecule has 0 atom stereocenters. The van der Waals surface area contributed by atoms with E-state index in [9.17, 15) is 14.5 Å². The Labute approximate surface area is 187 Å². The topological polar surface area (TPSA) is 89.7 Å². The van der Waals surface area contributed by atoms with E-state index in [1.54, 1.807) is 48.0 Å². The molecule has 1 aromatic heterocycles. The molecule has 0 radical (unpaired) electrons. The number of nitro benzene ring substituents is 1. The van der Waals surface area contributed by atoms with Gasteiger partial charge in [-0.1, -0.05) is 42.5 Å². The Hall–Kier alpha value is -4.11. The Morgan fingerprint density at radius 3 is 2.78 bits per heavy atom. The van der Waals surface area contributed by atoms with Gasteiger partial charge in [-0.25, -0.2) is 9.37 Å². The Bertz CT molecular complexity index is 1280. The van der Waals surface area contributed by atoms with Gasteiger partial charge in [0.05, 0.1) is 16.8 Å². The zero-order valence-corrected chi connectivity index (χ0v) is 17.5. The molecule has 4 aromatic rings. The number of ether oxygens (including phenoxy) is 1. The van der Waals surface area contributed by atoms with Crippen molar-refractivity contribution in [1.29, 1.82) is 0 Å². The van der Waals surface area contributed by atoms with Gasteiger partial charge in [-0.3, -0.25) is 15.5 Å². The van der Waals surface area contributed by atoms with Crippen molar-refractivity contribution in [2.24, 2.45) is 5.10 Å². The van der Waals surface area contributed by atoms with Crippen LogP contribution in [0.25, 0.3) is 11.3 Å². The highest BCUT2D eigenvalue weighted by Gasteiger charge is 2.10. The molecule has 0 spiro atoms. The van der Waals surface area contributed by atoms with Crippen LogP contribution in [0.1, 0.15) is 11.1 Å². The number of anilines is 1. The number of nitrogens with one attached hydrogen (secondary N) is 1. The number of hydrogen-bond donors (Lipinski definition) is 1. The minimum Gasteiger partial charge on any atom is -0.488 e. The zero-order valence-electron chi connectivity index (χ0n) is 16.6. The van der Waals surface area contributed by atoms with E-state index >= 15 is 0 Å². The van der Waals surface area contributed by atoms with E-state index in [2.05, 4.69) is 15.5 Å². The summed E-state index contributed by atoms with van der Waals surface area (Å²) in [5, 5.41) is 17.5. The second-order valence-corrected chi connectivity index (χ2v) is 7.49. The second-order valence-electron chi connectivity index (χ2n) is 6.63. The fraction of sp³-hybridized carbons (Fsp3) is 0.0435. The SMILES string of the molecule is O=[N+]([O-])c1cccc(-c2csc(N/N=C/c3ccccc3OCc3ccccc3F)n2)c1. The lowest BCUT2D eigenvalue weighted by molar-refractivity contribution is -0.384. The van der Waals surface area contributed by atoms with Gasteiger partial charge in [0, 0.05) is 34.2 Å². The third-order valence-corrected chi connectivity index (χ3v) is 5.23. The Balaban J connectivity index is 1.42. The molecule has 0 aliphatic heterocycles. The first-order valence-corrected chi connectivity index (χ1v) is 10.4. The molecule has 3 aromatic carbocycles. The third kappa shape index (κ3) is 5.13. The van der Waals surface area contributed by atoms with Gasteiger partial charge in [-0.2, -0.15) is 5.10 Å². The van der Waals surface area contributed by atoms with Crippen molar-refractivity contribution in [3.63, 3.8) is 0 Å². The number of non-ortho nitro benzene ring substituents is 1. The molecule has 9 heteroatoms. The normalized spacial score (nSPS) is 10.9. The minimum atomic E-state index is -0.439. The van der Waals surface area contributed by atoms with Crippen molar-refractivity contribution < 1.29 is 14.1 Å². The van der Waals surface area contributed by atoms with Gasteiger partial charge in [-0.05, 0) is 18.2 Å². The largest absolute Gasteiger partial charge is 0.488 e. The quantitative estimate of drug-likeness (QED) is 0.206. The summed E-state index contributed by atoms with van der Waals surface area (Å²) in [5.41, 5.74) is 5.32. The number of hydrazone groups is 1. The maximum atomic E-state index is 13.8. The molecule has 0 fully saturated rings. The van der Waals surface area contributed by atoms with E-state index in [0.29, 0.717) is 33.3 Å². The summed E-state index contributed by atoms with van der Waals surface area (Å²) in [7, 11) is 0. The predicted octanol–water partition coefficient (Wildman–Crippen LogP) is 5.88. The van der Waals surface area contributed by atoms with E-state index in [1.165, 1.54) is 29.5 Å².